The quantitative estimate of drug-likeness (QED) is 0.176. The molecule has 13 heteroatoms. The maximum absolute atomic E-state index is 14.3. The minimum absolute atomic E-state index is 0.0336. The molecule has 12 nitrogen and oxygen atoms in total. The van der Waals surface area contributed by atoms with Gasteiger partial charge in [-0.05, 0) is 91.6 Å². The van der Waals surface area contributed by atoms with Gasteiger partial charge in [0.15, 0.2) is 11.6 Å². The van der Waals surface area contributed by atoms with Crippen LogP contribution in [0.15, 0.2) is 43.0 Å². The van der Waals surface area contributed by atoms with E-state index in [0.29, 0.717) is 37.7 Å². The molecule has 1 aromatic carbocycles. The molecular formula is C39H54FN7O5. The lowest BCUT2D eigenvalue weighted by molar-refractivity contribution is 0.0295. The number of hydrogen-bond donors (Lipinski definition) is 0. The molecule has 0 saturated carbocycles. The minimum Gasteiger partial charge on any atom is -0.490 e. The largest absolute Gasteiger partial charge is 0.490 e. The van der Waals surface area contributed by atoms with E-state index in [2.05, 4.69) is 19.8 Å². The molecular weight excluding hydrogens is 665 g/mol. The van der Waals surface area contributed by atoms with Gasteiger partial charge in [-0.1, -0.05) is 0 Å². The van der Waals surface area contributed by atoms with Crippen LogP contribution in [0.1, 0.15) is 88.8 Å². The van der Waals surface area contributed by atoms with Crippen molar-refractivity contribution in [2.75, 3.05) is 51.2 Å². The van der Waals surface area contributed by atoms with E-state index in [1.54, 1.807) is 23.0 Å². The third-order valence-electron chi connectivity index (χ3n) is 9.39. The average Bonchev–Trinajstić information content (AvgIpc) is 3.11. The molecule has 3 aromatic rings. The number of piperidine rings is 1. The highest BCUT2D eigenvalue weighted by molar-refractivity contribution is 5.97. The van der Waals surface area contributed by atoms with Crippen LogP contribution in [0.25, 0.3) is 0 Å². The van der Waals surface area contributed by atoms with Gasteiger partial charge in [-0.25, -0.2) is 19.2 Å². The summed E-state index contributed by atoms with van der Waals surface area (Å²) in [7, 11) is 1.78. The van der Waals surface area contributed by atoms with Crippen molar-refractivity contribution in [3.05, 3.63) is 65.6 Å². The maximum atomic E-state index is 14.3. The highest BCUT2D eigenvalue weighted by atomic mass is 19.1. The van der Waals surface area contributed by atoms with Crippen LogP contribution < -0.4 is 14.4 Å². The Balaban J connectivity index is 1.15. The monoisotopic (exact) mass is 719 g/mol. The number of benzene rings is 1. The van der Waals surface area contributed by atoms with E-state index in [4.69, 9.17) is 19.2 Å². The van der Waals surface area contributed by atoms with Crippen LogP contribution in [0.4, 0.5) is 15.0 Å². The molecule has 0 bridgehead atoms. The minimum atomic E-state index is -0.508. The molecule has 0 aliphatic carbocycles. The van der Waals surface area contributed by atoms with Gasteiger partial charge in [0.05, 0.1) is 17.5 Å². The molecule has 1 saturated heterocycles. The summed E-state index contributed by atoms with van der Waals surface area (Å²) < 4.78 is 32.7. The van der Waals surface area contributed by atoms with Gasteiger partial charge in [-0.3, -0.25) is 14.7 Å². The van der Waals surface area contributed by atoms with E-state index in [9.17, 15) is 14.0 Å². The molecule has 2 aromatic heterocycles. The molecule has 2 aliphatic rings. The first-order valence-electron chi connectivity index (χ1n) is 18.5. The number of halogens is 1. The number of ether oxygens (including phenoxy) is 3. The number of anilines is 1. The van der Waals surface area contributed by atoms with E-state index < -0.39 is 11.4 Å². The number of nitrogens with zero attached hydrogens (tertiary/aromatic N) is 7. The fraction of sp³-hybridized carbons (Fsp3) is 0.564. The van der Waals surface area contributed by atoms with Crippen LogP contribution in [-0.2, 0) is 17.7 Å². The molecule has 5 rings (SSSR count). The third kappa shape index (κ3) is 10.1. The molecule has 0 N–H and O–H groups in total. The van der Waals surface area contributed by atoms with Gasteiger partial charge in [0.1, 0.15) is 35.3 Å². The first-order valence-corrected chi connectivity index (χ1v) is 18.5. The predicted molar refractivity (Wildman–Crippen MR) is 198 cm³/mol. The lowest BCUT2D eigenvalue weighted by Gasteiger charge is -2.34. The van der Waals surface area contributed by atoms with E-state index >= 15 is 0 Å². The summed E-state index contributed by atoms with van der Waals surface area (Å²) in [5.74, 6) is 1.38. The lowest BCUT2D eigenvalue weighted by Crippen LogP contribution is -2.39. The second-order valence-electron chi connectivity index (χ2n) is 14.8. The summed E-state index contributed by atoms with van der Waals surface area (Å²) in [5, 5.41) is 0. The van der Waals surface area contributed by atoms with Crippen LogP contribution in [0.3, 0.4) is 0 Å². The molecule has 4 heterocycles. The lowest BCUT2D eigenvalue weighted by atomic mass is 10.0. The number of pyridine rings is 1. The zero-order valence-electron chi connectivity index (χ0n) is 31.7. The van der Waals surface area contributed by atoms with Gasteiger partial charge in [0.2, 0.25) is 0 Å². The van der Waals surface area contributed by atoms with Gasteiger partial charge < -0.3 is 28.9 Å². The topological polar surface area (TPSA) is 113 Å². The molecule has 0 unspecified atom stereocenters. The second kappa shape index (κ2) is 17.3. The van der Waals surface area contributed by atoms with E-state index in [1.165, 1.54) is 30.1 Å². The van der Waals surface area contributed by atoms with E-state index in [1.807, 2.05) is 53.8 Å². The molecule has 2 amide bonds. The Bertz CT molecular complexity index is 1670. The summed E-state index contributed by atoms with van der Waals surface area (Å²) in [4.78, 5) is 46.9. The Morgan fingerprint density at radius 3 is 2.52 bits per heavy atom. The highest BCUT2D eigenvalue weighted by Gasteiger charge is 2.28. The number of rotatable bonds is 13. The number of unbranched alkanes of at least 4 members (excludes halogenated alkanes) is 1. The van der Waals surface area contributed by atoms with Crippen LogP contribution in [0, 0.1) is 5.82 Å². The normalized spacial score (nSPS) is 15.3. The number of carbonyl (C=O) groups is 2. The molecule has 2 aliphatic heterocycles. The highest BCUT2D eigenvalue weighted by Crippen LogP contribution is 2.35. The first-order chi connectivity index (χ1) is 24.8. The summed E-state index contributed by atoms with van der Waals surface area (Å²) in [5.41, 5.74) is 1.90. The maximum Gasteiger partial charge on any atom is 0.410 e. The van der Waals surface area contributed by atoms with Gasteiger partial charge in [0, 0.05) is 77.0 Å². The predicted octanol–water partition coefficient (Wildman–Crippen LogP) is 6.73. The third-order valence-corrected chi connectivity index (χ3v) is 9.39. The molecule has 1 fully saturated rings. The van der Waals surface area contributed by atoms with Crippen molar-refractivity contribution in [1.82, 2.24) is 29.7 Å². The van der Waals surface area contributed by atoms with Gasteiger partial charge in [-0.15, -0.1) is 0 Å². The Morgan fingerprint density at radius 2 is 1.81 bits per heavy atom. The average molecular weight is 720 g/mol. The van der Waals surface area contributed by atoms with Crippen LogP contribution in [-0.4, -0.2) is 106 Å². The molecule has 0 atom stereocenters. The summed E-state index contributed by atoms with van der Waals surface area (Å²) in [6.45, 7) is 16.6. The van der Waals surface area contributed by atoms with Crippen molar-refractivity contribution < 1.29 is 28.2 Å². The number of amides is 2. The fourth-order valence-electron chi connectivity index (χ4n) is 6.66. The van der Waals surface area contributed by atoms with Crippen molar-refractivity contribution >= 4 is 17.8 Å². The second-order valence-corrected chi connectivity index (χ2v) is 14.8. The Labute approximate surface area is 307 Å². The zero-order chi connectivity index (χ0) is 37.4. The van der Waals surface area contributed by atoms with Gasteiger partial charge in [-0.2, -0.15) is 0 Å². The molecule has 282 valence electrons. The molecule has 52 heavy (non-hydrogen) atoms. The SMILES string of the molecule is CCN(C(=O)c1cc(F)ccc1Oc1cncnc1N1CCC(Oc2ccnc3c2CCN(CCCCN(C)C(=O)OC(C)(C)C)C3)CC1)C(C)C. The summed E-state index contributed by atoms with van der Waals surface area (Å²) in [6.07, 6.45) is 8.97. The van der Waals surface area contributed by atoms with Gasteiger partial charge >= 0.3 is 6.09 Å². The summed E-state index contributed by atoms with van der Waals surface area (Å²) in [6, 6.07) is 5.92. The molecule has 0 spiro atoms. The van der Waals surface area contributed by atoms with Crippen molar-refractivity contribution in [3.8, 4) is 17.2 Å². The van der Waals surface area contributed by atoms with E-state index in [0.717, 1.165) is 63.2 Å². The van der Waals surface area contributed by atoms with E-state index in [-0.39, 0.29) is 35.5 Å². The van der Waals surface area contributed by atoms with Crippen molar-refractivity contribution in [2.45, 2.75) is 97.9 Å². The number of aromatic nitrogens is 3. The standard InChI is InChI=1S/C39H54FN7O5/c1-8-47(27(2)3)37(48)31-23-28(40)11-12-33(31)51-35-24-41-26-43-36(35)46-21-14-29(15-22-46)50-34-13-17-42-32-25-45(20-16-30(32)34)19-10-9-18-44(7)38(49)52-39(4,5)6/h11-13,17,23-24,26-27,29H,8-10,14-16,18-22,25H2,1-7H3. The van der Waals surface area contributed by atoms with Crippen molar-refractivity contribution in [3.63, 3.8) is 0 Å². The molecule has 0 radical (unpaired) electrons. The zero-order valence-corrected chi connectivity index (χ0v) is 31.7. The summed E-state index contributed by atoms with van der Waals surface area (Å²) >= 11 is 0. The smallest absolute Gasteiger partial charge is 0.410 e. The Hall–Kier alpha value is -4.52. The van der Waals surface area contributed by atoms with Crippen LogP contribution >= 0.6 is 0 Å². The fourth-order valence-corrected chi connectivity index (χ4v) is 6.66. The van der Waals surface area contributed by atoms with Crippen molar-refractivity contribution in [2.24, 2.45) is 0 Å². The van der Waals surface area contributed by atoms with Crippen LogP contribution in [0.5, 0.6) is 17.2 Å². The Morgan fingerprint density at radius 1 is 1.04 bits per heavy atom. The van der Waals surface area contributed by atoms with Crippen LogP contribution in [0.2, 0.25) is 0 Å². The number of fused-ring (bicyclic) bond motifs is 1. The Kier molecular flexibility index (Phi) is 12.9. The number of hydrogen-bond acceptors (Lipinski definition) is 10. The first kappa shape index (κ1) is 38.7. The van der Waals surface area contributed by atoms with Gasteiger partial charge in [0.25, 0.3) is 5.91 Å². The number of carbonyl (C=O) groups excluding carboxylic acids is 2. The van der Waals surface area contributed by atoms with Crippen molar-refractivity contribution in [1.29, 1.82) is 0 Å².